The molecule has 0 aliphatic carbocycles. The number of hydrogen-bond acceptors (Lipinski definition) is 3. The van der Waals surface area contributed by atoms with Crippen molar-refractivity contribution in [3.63, 3.8) is 0 Å². The highest BCUT2D eigenvalue weighted by Gasteiger charge is 2.06. The Hall–Kier alpha value is -0.690. The van der Waals surface area contributed by atoms with Crippen LogP contribution in [0.2, 0.25) is 0 Å². The maximum absolute atomic E-state index is 10.8. The first-order valence-electron chi connectivity index (χ1n) is 5.53. The second kappa shape index (κ2) is 6.65. The SMILES string of the molecule is O=C(O)c1ccc(CNCc2ccc(Br)s2)c(Br)c1. The molecule has 0 saturated carbocycles. The Labute approximate surface area is 131 Å². The third-order valence-electron chi connectivity index (χ3n) is 2.54. The van der Waals surface area contributed by atoms with E-state index in [1.165, 1.54) is 4.88 Å². The smallest absolute Gasteiger partial charge is 0.335 e. The Morgan fingerprint density at radius 1 is 1.21 bits per heavy atom. The average molecular weight is 405 g/mol. The van der Waals surface area contributed by atoms with E-state index >= 15 is 0 Å². The third kappa shape index (κ3) is 4.14. The van der Waals surface area contributed by atoms with Gasteiger partial charge in [0.25, 0.3) is 0 Å². The molecule has 0 aliphatic rings. The first kappa shape index (κ1) is 14.7. The number of aromatic carboxylic acids is 1. The third-order valence-corrected chi connectivity index (χ3v) is 4.91. The molecular formula is C13H11Br2NO2S. The lowest BCUT2D eigenvalue weighted by Crippen LogP contribution is -2.12. The summed E-state index contributed by atoms with van der Waals surface area (Å²) in [5.41, 5.74) is 1.33. The van der Waals surface area contributed by atoms with Crippen LogP contribution in [0, 0.1) is 0 Å². The maximum Gasteiger partial charge on any atom is 0.335 e. The predicted octanol–water partition coefficient (Wildman–Crippen LogP) is 4.26. The fraction of sp³-hybridized carbons (Fsp3) is 0.154. The summed E-state index contributed by atoms with van der Waals surface area (Å²) in [5.74, 6) is -0.913. The van der Waals surface area contributed by atoms with Crippen molar-refractivity contribution in [3.05, 3.63) is 54.6 Å². The zero-order valence-corrected chi connectivity index (χ0v) is 13.8. The number of hydrogen-bond donors (Lipinski definition) is 2. The zero-order valence-electron chi connectivity index (χ0n) is 9.82. The van der Waals surface area contributed by atoms with Crippen LogP contribution in [0.1, 0.15) is 20.8 Å². The molecule has 0 aliphatic heterocycles. The first-order valence-corrected chi connectivity index (χ1v) is 7.93. The van der Waals surface area contributed by atoms with Gasteiger partial charge in [0.15, 0.2) is 0 Å². The summed E-state index contributed by atoms with van der Waals surface area (Å²) in [5, 5.41) is 12.2. The van der Waals surface area contributed by atoms with E-state index in [9.17, 15) is 4.79 Å². The number of rotatable bonds is 5. The molecule has 100 valence electrons. The van der Waals surface area contributed by atoms with Crippen molar-refractivity contribution < 1.29 is 9.90 Å². The second-order valence-electron chi connectivity index (χ2n) is 3.92. The Morgan fingerprint density at radius 2 is 2.00 bits per heavy atom. The summed E-state index contributed by atoms with van der Waals surface area (Å²) in [4.78, 5) is 12.1. The van der Waals surface area contributed by atoms with Gasteiger partial charge in [-0.05, 0) is 45.8 Å². The summed E-state index contributed by atoms with van der Waals surface area (Å²) < 4.78 is 1.93. The molecule has 0 radical (unpaired) electrons. The fourth-order valence-electron chi connectivity index (χ4n) is 1.59. The van der Waals surface area contributed by atoms with Crippen LogP contribution < -0.4 is 5.32 Å². The van der Waals surface area contributed by atoms with Crippen LogP contribution in [-0.2, 0) is 13.1 Å². The highest BCUT2D eigenvalue weighted by molar-refractivity contribution is 9.11. The summed E-state index contributed by atoms with van der Waals surface area (Å²) in [6.07, 6.45) is 0. The van der Waals surface area contributed by atoms with E-state index < -0.39 is 5.97 Å². The van der Waals surface area contributed by atoms with Crippen LogP contribution in [0.25, 0.3) is 0 Å². The van der Waals surface area contributed by atoms with E-state index in [1.54, 1.807) is 23.5 Å². The lowest BCUT2D eigenvalue weighted by Gasteiger charge is -2.07. The Morgan fingerprint density at radius 3 is 2.58 bits per heavy atom. The second-order valence-corrected chi connectivity index (χ2v) is 7.32. The number of nitrogens with one attached hydrogen (secondary N) is 1. The van der Waals surface area contributed by atoms with Gasteiger partial charge >= 0.3 is 5.97 Å². The van der Waals surface area contributed by atoms with Crippen molar-refractivity contribution in [2.24, 2.45) is 0 Å². The Bertz CT molecular complexity index is 598. The van der Waals surface area contributed by atoms with E-state index in [4.69, 9.17) is 5.11 Å². The zero-order chi connectivity index (χ0) is 13.8. The number of carboxylic acids is 1. The summed E-state index contributed by atoms with van der Waals surface area (Å²) in [6, 6.07) is 9.17. The maximum atomic E-state index is 10.8. The number of thiophene rings is 1. The number of halogens is 2. The van der Waals surface area contributed by atoms with Crippen LogP contribution in [0.5, 0.6) is 0 Å². The largest absolute Gasteiger partial charge is 0.478 e. The Balaban J connectivity index is 1.94. The van der Waals surface area contributed by atoms with Crippen molar-refractivity contribution in [2.75, 3.05) is 0 Å². The van der Waals surface area contributed by atoms with Gasteiger partial charge in [0.2, 0.25) is 0 Å². The summed E-state index contributed by atoms with van der Waals surface area (Å²) in [6.45, 7) is 1.49. The van der Waals surface area contributed by atoms with Gasteiger partial charge in [0, 0.05) is 22.4 Å². The van der Waals surface area contributed by atoms with Gasteiger partial charge in [-0.15, -0.1) is 11.3 Å². The molecule has 0 amide bonds. The molecular weight excluding hydrogens is 394 g/mol. The molecule has 0 atom stereocenters. The molecule has 2 rings (SSSR count). The quantitative estimate of drug-likeness (QED) is 0.782. The van der Waals surface area contributed by atoms with Crippen molar-refractivity contribution in [3.8, 4) is 0 Å². The van der Waals surface area contributed by atoms with E-state index in [-0.39, 0.29) is 5.56 Å². The van der Waals surface area contributed by atoms with Gasteiger partial charge < -0.3 is 10.4 Å². The van der Waals surface area contributed by atoms with E-state index in [0.717, 1.165) is 20.4 Å². The molecule has 0 unspecified atom stereocenters. The Kier molecular flexibility index (Phi) is 5.15. The minimum atomic E-state index is -0.913. The van der Waals surface area contributed by atoms with Gasteiger partial charge in [0.1, 0.15) is 0 Å². The van der Waals surface area contributed by atoms with Crippen molar-refractivity contribution >= 4 is 49.2 Å². The topological polar surface area (TPSA) is 49.3 Å². The fourth-order valence-corrected chi connectivity index (χ4v) is 3.56. The number of carbonyl (C=O) groups is 1. The van der Waals surface area contributed by atoms with Gasteiger partial charge in [0.05, 0.1) is 9.35 Å². The molecule has 6 heteroatoms. The minimum Gasteiger partial charge on any atom is -0.478 e. The van der Waals surface area contributed by atoms with Crippen molar-refractivity contribution in [2.45, 2.75) is 13.1 Å². The molecule has 0 saturated heterocycles. The van der Waals surface area contributed by atoms with Crippen LogP contribution in [0.3, 0.4) is 0 Å². The number of benzene rings is 1. The van der Waals surface area contributed by atoms with E-state index in [2.05, 4.69) is 43.2 Å². The van der Waals surface area contributed by atoms with Crippen LogP contribution in [0.15, 0.2) is 38.6 Å². The lowest BCUT2D eigenvalue weighted by molar-refractivity contribution is 0.0697. The molecule has 19 heavy (non-hydrogen) atoms. The first-order chi connectivity index (χ1) is 9.06. The summed E-state index contributed by atoms with van der Waals surface area (Å²) >= 11 is 8.53. The molecule has 1 aromatic heterocycles. The van der Waals surface area contributed by atoms with Gasteiger partial charge in [-0.3, -0.25) is 0 Å². The minimum absolute atomic E-state index is 0.290. The molecule has 3 nitrogen and oxygen atoms in total. The monoisotopic (exact) mass is 403 g/mol. The lowest BCUT2D eigenvalue weighted by atomic mass is 10.1. The molecule has 0 bridgehead atoms. The van der Waals surface area contributed by atoms with Crippen molar-refractivity contribution in [1.29, 1.82) is 0 Å². The molecule has 1 heterocycles. The van der Waals surface area contributed by atoms with Crippen LogP contribution >= 0.6 is 43.2 Å². The molecule has 2 aromatic rings. The normalized spacial score (nSPS) is 10.6. The van der Waals surface area contributed by atoms with Gasteiger partial charge in [-0.2, -0.15) is 0 Å². The van der Waals surface area contributed by atoms with Crippen LogP contribution in [-0.4, -0.2) is 11.1 Å². The van der Waals surface area contributed by atoms with E-state index in [1.807, 2.05) is 12.1 Å². The van der Waals surface area contributed by atoms with Crippen molar-refractivity contribution in [1.82, 2.24) is 5.32 Å². The predicted molar refractivity (Wildman–Crippen MR) is 83.7 cm³/mol. The van der Waals surface area contributed by atoms with Gasteiger partial charge in [-0.25, -0.2) is 4.79 Å². The highest BCUT2D eigenvalue weighted by atomic mass is 79.9. The highest BCUT2D eigenvalue weighted by Crippen LogP contribution is 2.22. The molecule has 2 N–H and O–H groups in total. The number of carboxylic acid groups (broad SMARTS) is 1. The summed E-state index contributed by atoms with van der Waals surface area (Å²) in [7, 11) is 0. The molecule has 0 spiro atoms. The molecule has 0 fully saturated rings. The van der Waals surface area contributed by atoms with E-state index in [0.29, 0.717) is 6.54 Å². The van der Waals surface area contributed by atoms with Crippen LogP contribution in [0.4, 0.5) is 0 Å². The molecule has 1 aromatic carbocycles. The van der Waals surface area contributed by atoms with Gasteiger partial charge in [-0.1, -0.05) is 22.0 Å². The standard InChI is InChI=1S/C13H11Br2NO2S/c14-11-5-8(13(17)18)1-2-9(11)6-16-7-10-3-4-12(15)19-10/h1-5,16H,6-7H2,(H,17,18). The average Bonchev–Trinajstić information content (AvgIpc) is 2.77.